The fourth-order valence-electron chi connectivity index (χ4n) is 5.86. The first-order valence-electron chi connectivity index (χ1n) is 17.7. The maximum atomic E-state index is 13.4. The number of nitrogens with zero attached hydrogens (tertiary/aromatic N) is 3. The van der Waals surface area contributed by atoms with Crippen LogP contribution in [-0.4, -0.2) is 58.7 Å². The molecular formula is C41H45N7O5. The minimum Gasteiger partial charge on any atom is -0.445 e. The van der Waals surface area contributed by atoms with Crippen LogP contribution in [0.3, 0.4) is 0 Å². The predicted octanol–water partition coefficient (Wildman–Crippen LogP) is 5.91. The lowest BCUT2D eigenvalue weighted by Crippen LogP contribution is -2.48. The fourth-order valence-corrected chi connectivity index (χ4v) is 5.86. The molecule has 1 unspecified atom stereocenters. The van der Waals surface area contributed by atoms with Gasteiger partial charge < -0.3 is 31.3 Å². The first-order valence-corrected chi connectivity index (χ1v) is 17.7. The van der Waals surface area contributed by atoms with E-state index in [0.29, 0.717) is 46.7 Å². The lowest BCUT2D eigenvalue weighted by atomic mass is 10.0. The van der Waals surface area contributed by atoms with E-state index in [1.54, 1.807) is 36.5 Å². The van der Waals surface area contributed by atoms with Crippen LogP contribution in [0.4, 0.5) is 16.2 Å². The van der Waals surface area contributed by atoms with Crippen LogP contribution in [0.2, 0.25) is 0 Å². The van der Waals surface area contributed by atoms with Crippen molar-refractivity contribution in [2.45, 2.75) is 58.7 Å². The first kappa shape index (κ1) is 37.9. The number of carbonyl (C=O) groups is 4. The normalized spacial score (nSPS) is 12.6. The van der Waals surface area contributed by atoms with Crippen LogP contribution < -0.4 is 21.7 Å². The monoisotopic (exact) mass is 715 g/mol. The summed E-state index contributed by atoms with van der Waals surface area (Å²) in [6, 6.07) is 24.5. The van der Waals surface area contributed by atoms with E-state index in [0.717, 1.165) is 24.0 Å². The number of benzene rings is 3. The Labute approximate surface area is 309 Å². The van der Waals surface area contributed by atoms with E-state index in [9.17, 15) is 19.2 Å². The highest BCUT2D eigenvalue weighted by atomic mass is 16.5. The Morgan fingerprint density at radius 1 is 0.868 bits per heavy atom. The SMILES string of the molecule is CCCN(CCC)C(=O)C1=Cc2ccc(C(=O)Nc3cncc(CNC(=O)C(Cc4ccccc4)NC(=O)OCc4ccccc4)c3)cc2N=C(N)C1. The van der Waals surface area contributed by atoms with Crippen molar-refractivity contribution in [3.8, 4) is 0 Å². The van der Waals surface area contributed by atoms with Gasteiger partial charge in [-0.1, -0.05) is 80.6 Å². The van der Waals surface area contributed by atoms with E-state index >= 15 is 0 Å². The number of aromatic nitrogens is 1. The number of rotatable bonds is 15. The molecule has 53 heavy (non-hydrogen) atoms. The number of nitrogens with one attached hydrogen (secondary N) is 3. The summed E-state index contributed by atoms with van der Waals surface area (Å²) in [5, 5.41) is 8.41. The van der Waals surface area contributed by atoms with Gasteiger partial charge in [-0.05, 0) is 53.8 Å². The lowest BCUT2D eigenvalue weighted by Gasteiger charge is -2.22. The van der Waals surface area contributed by atoms with Crippen molar-refractivity contribution < 1.29 is 23.9 Å². The van der Waals surface area contributed by atoms with Crippen molar-refractivity contribution in [3.63, 3.8) is 0 Å². The molecule has 0 radical (unpaired) electrons. The summed E-state index contributed by atoms with van der Waals surface area (Å²) in [5.41, 5.74) is 11.1. The zero-order valence-electron chi connectivity index (χ0n) is 30.0. The second-order valence-electron chi connectivity index (χ2n) is 12.7. The zero-order valence-corrected chi connectivity index (χ0v) is 30.0. The predicted molar refractivity (Wildman–Crippen MR) is 205 cm³/mol. The maximum absolute atomic E-state index is 13.4. The number of pyridine rings is 1. The van der Waals surface area contributed by atoms with Crippen LogP contribution >= 0.6 is 0 Å². The molecule has 1 aliphatic heterocycles. The average molecular weight is 716 g/mol. The second-order valence-corrected chi connectivity index (χ2v) is 12.7. The average Bonchev–Trinajstić information content (AvgIpc) is 3.34. The first-order chi connectivity index (χ1) is 25.7. The third-order valence-corrected chi connectivity index (χ3v) is 8.43. The van der Waals surface area contributed by atoms with E-state index in [1.807, 2.05) is 79.4 Å². The number of hydrogen-bond donors (Lipinski definition) is 4. The van der Waals surface area contributed by atoms with Gasteiger partial charge in [0.2, 0.25) is 11.8 Å². The fraction of sp³-hybridized carbons (Fsp3) is 0.268. The third-order valence-electron chi connectivity index (χ3n) is 8.43. The van der Waals surface area contributed by atoms with Gasteiger partial charge >= 0.3 is 6.09 Å². The molecule has 4 amide bonds. The molecular weight excluding hydrogens is 670 g/mol. The molecule has 12 heteroatoms. The standard InChI is InChI=1S/C41H45N7O5/c1-3-17-48(18-4-2)40(51)33-21-31-15-16-32(22-35(31)46-37(42)23-33)38(49)45-34-19-30(24-43-26-34)25-44-39(50)36(20-28-11-7-5-8-12-28)47-41(52)53-27-29-13-9-6-10-14-29/h5-16,19,21-22,24,26,36H,3-4,17-18,20,23,25,27H2,1-2H3,(H2,42,46)(H,44,50)(H,45,49)(H,47,52). The van der Waals surface area contributed by atoms with Crippen LogP contribution in [0.25, 0.3) is 6.08 Å². The second kappa shape index (κ2) is 18.8. The third kappa shape index (κ3) is 11.1. The van der Waals surface area contributed by atoms with Gasteiger partial charge in [0.1, 0.15) is 18.5 Å². The minimum atomic E-state index is -0.905. The van der Waals surface area contributed by atoms with Crippen LogP contribution in [0, 0.1) is 0 Å². The number of amides is 4. The van der Waals surface area contributed by atoms with E-state index in [1.165, 1.54) is 6.20 Å². The van der Waals surface area contributed by atoms with E-state index in [-0.39, 0.29) is 37.7 Å². The molecule has 0 spiro atoms. The minimum absolute atomic E-state index is 0.0607. The number of ether oxygens (including phenoxy) is 1. The summed E-state index contributed by atoms with van der Waals surface area (Å²) < 4.78 is 5.37. The van der Waals surface area contributed by atoms with Crippen molar-refractivity contribution >= 4 is 47.1 Å². The number of anilines is 1. The highest BCUT2D eigenvalue weighted by Gasteiger charge is 2.23. The molecule has 12 nitrogen and oxygen atoms in total. The molecule has 4 aromatic rings. The molecule has 2 heterocycles. The van der Waals surface area contributed by atoms with Crippen molar-refractivity contribution in [1.29, 1.82) is 0 Å². The quantitative estimate of drug-likeness (QED) is 0.119. The Balaban J connectivity index is 1.22. The van der Waals surface area contributed by atoms with Gasteiger partial charge in [-0.25, -0.2) is 9.79 Å². The van der Waals surface area contributed by atoms with Crippen molar-refractivity contribution in [3.05, 3.63) is 131 Å². The smallest absolute Gasteiger partial charge is 0.408 e. The Hall–Kier alpha value is -6.30. The van der Waals surface area contributed by atoms with Gasteiger partial charge in [-0.3, -0.25) is 19.4 Å². The molecule has 0 aliphatic carbocycles. The summed E-state index contributed by atoms with van der Waals surface area (Å²) in [6.45, 7) is 5.56. The summed E-state index contributed by atoms with van der Waals surface area (Å²) in [7, 11) is 0. The Morgan fingerprint density at radius 3 is 2.26 bits per heavy atom. The molecule has 274 valence electrons. The molecule has 0 bridgehead atoms. The molecule has 0 saturated carbocycles. The van der Waals surface area contributed by atoms with Gasteiger partial charge in [0, 0.05) is 55.4 Å². The van der Waals surface area contributed by atoms with Gasteiger partial charge in [-0.15, -0.1) is 0 Å². The summed E-state index contributed by atoms with van der Waals surface area (Å²) >= 11 is 0. The lowest BCUT2D eigenvalue weighted by molar-refractivity contribution is -0.127. The largest absolute Gasteiger partial charge is 0.445 e. The highest BCUT2D eigenvalue weighted by molar-refractivity contribution is 6.08. The summed E-state index contributed by atoms with van der Waals surface area (Å²) in [4.78, 5) is 63.3. The van der Waals surface area contributed by atoms with E-state index < -0.39 is 23.9 Å². The van der Waals surface area contributed by atoms with E-state index in [2.05, 4.69) is 25.9 Å². The Bertz CT molecular complexity index is 1960. The van der Waals surface area contributed by atoms with Crippen LogP contribution in [-0.2, 0) is 33.9 Å². The molecule has 0 fully saturated rings. The highest BCUT2D eigenvalue weighted by Crippen LogP contribution is 2.29. The topological polar surface area (TPSA) is 168 Å². The Kier molecular flexibility index (Phi) is 13.5. The maximum Gasteiger partial charge on any atom is 0.408 e. The van der Waals surface area contributed by atoms with E-state index in [4.69, 9.17) is 10.5 Å². The molecule has 1 aromatic heterocycles. The number of hydrogen-bond acceptors (Lipinski definition) is 8. The molecule has 5 rings (SSSR count). The number of amidine groups is 1. The number of aliphatic imine (C=N–C) groups is 1. The number of fused-ring (bicyclic) bond motifs is 1. The zero-order chi connectivity index (χ0) is 37.6. The van der Waals surface area contributed by atoms with Crippen molar-refractivity contribution in [1.82, 2.24) is 20.5 Å². The number of alkyl carbamates (subject to hydrolysis) is 1. The number of nitrogens with two attached hydrogens (primary N) is 1. The summed E-state index contributed by atoms with van der Waals surface area (Å²) in [6.07, 6.45) is 6.35. The molecule has 0 saturated heterocycles. The van der Waals surface area contributed by atoms with Crippen LogP contribution in [0.15, 0.2) is 108 Å². The molecule has 5 N–H and O–H groups in total. The van der Waals surface area contributed by atoms with Crippen molar-refractivity contribution in [2.24, 2.45) is 10.7 Å². The van der Waals surface area contributed by atoms with Gasteiger partial charge in [-0.2, -0.15) is 0 Å². The molecule has 3 aromatic carbocycles. The van der Waals surface area contributed by atoms with Crippen LogP contribution in [0.5, 0.6) is 0 Å². The number of carbonyl (C=O) groups excluding carboxylic acids is 4. The Morgan fingerprint density at radius 2 is 1.57 bits per heavy atom. The van der Waals surface area contributed by atoms with Crippen molar-refractivity contribution in [2.75, 3.05) is 18.4 Å². The summed E-state index contributed by atoms with van der Waals surface area (Å²) in [5.74, 6) is -0.577. The molecule has 1 aliphatic rings. The van der Waals surface area contributed by atoms with Gasteiger partial charge in [0.05, 0.1) is 17.6 Å². The van der Waals surface area contributed by atoms with Crippen LogP contribution in [0.1, 0.15) is 65.7 Å². The molecule has 1 atom stereocenters. The van der Waals surface area contributed by atoms with Gasteiger partial charge in [0.25, 0.3) is 5.91 Å². The van der Waals surface area contributed by atoms with Gasteiger partial charge in [0.15, 0.2) is 0 Å².